The second kappa shape index (κ2) is 8.73. The maximum atomic E-state index is 14.8. The Balaban J connectivity index is 2.13. The highest BCUT2D eigenvalue weighted by molar-refractivity contribution is 5.94. The molecule has 0 radical (unpaired) electrons. The maximum absolute atomic E-state index is 14.8. The van der Waals surface area contributed by atoms with Crippen LogP contribution in [0.3, 0.4) is 0 Å². The number of carbonyl (C=O) groups excluding carboxylic acids is 1. The summed E-state index contributed by atoms with van der Waals surface area (Å²) in [6.07, 6.45) is 6.79. The quantitative estimate of drug-likeness (QED) is 0.737. The lowest BCUT2D eigenvalue weighted by molar-refractivity contribution is 0.0523. The molecule has 0 aliphatic heterocycles. The van der Waals surface area contributed by atoms with Gasteiger partial charge in [-0.3, -0.25) is 4.79 Å². The average molecular weight is 390 g/mol. The van der Waals surface area contributed by atoms with E-state index in [4.69, 9.17) is 4.74 Å². The number of halogens is 1. The molecule has 1 unspecified atom stereocenters. The van der Waals surface area contributed by atoms with E-state index in [1.165, 1.54) is 18.7 Å². The summed E-state index contributed by atoms with van der Waals surface area (Å²) in [5, 5.41) is 13.0. The molecule has 28 heavy (non-hydrogen) atoms. The van der Waals surface area contributed by atoms with Crippen molar-refractivity contribution in [2.24, 2.45) is 0 Å². The number of aliphatic hydroxyl groups is 1. The van der Waals surface area contributed by atoms with Crippen LogP contribution in [0.4, 0.5) is 10.1 Å². The molecule has 0 spiro atoms. The zero-order chi connectivity index (χ0) is 20.3. The molecule has 1 fully saturated rings. The van der Waals surface area contributed by atoms with Gasteiger partial charge in [-0.2, -0.15) is 0 Å². The Labute approximate surface area is 163 Å². The fourth-order valence-electron chi connectivity index (χ4n) is 3.75. The van der Waals surface area contributed by atoms with Gasteiger partial charge in [-0.05, 0) is 38.8 Å². The van der Waals surface area contributed by atoms with Gasteiger partial charge in [0.1, 0.15) is 11.4 Å². The molecule has 1 atom stereocenters. The van der Waals surface area contributed by atoms with Crippen molar-refractivity contribution in [1.82, 2.24) is 4.57 Å². The zero-order valence-electron chi connectivity index (χ0n) is 16.3. The fourth-order valence-corrected chi connectivity index (χ4v) is 3.75. The maximum Gasteiger partial charge on any atom is 0.343 e. The fraction of sp³-hybridized carbons (Fsp3) is 0.524. The molecular weight excluding hydrogens is 363 g/mol. The number of carbonyl (C=O) groups is 1. The molecule has 0 bridgehead atoms. The summed E-state index contributed by atoms with van der Waals surface area (Å²) in [5.74, 6) is -1.28. The molecule has 2 aromatic rings. The van der Waals surface area contributed by atoms with Crippen molar-refractivity contribution in [2.45, 2.75) is 58.0 Å². The standard InChI is InChI=1S/C21H27FN2O4/c1-3-28-21(27)16-11-24(13(2)12-25)19-10-18(17(22)9-15(19)20(16)26)23-14-7-5-4-6-8-14/h9-11,13-14,23,25H,3-8,12H2,1-2H3. The van der Waals surface area contributed by atoms with Crippen LogP contribution in [0.2, 0.25) is 0 Å². The molecule has 1 aromatic heterocycles. The summed E-state index contributed by atoms with van der Waals surface area (Å²) in [7, 11) is 0. The van der Waals surface area contributed by atoms with E-state index in [1.54, 1.807) is 24.5 Å². The van der Waals surface area contributed by atoms with E-state index in [0.29, 0.717) is 11.2 Å². The van der Waals surface area contributed by atoms with Crippen molar-refractivity contribution in [2.75, 3.05) is 18.5 Å². The molecular formula is C21H27FN2O4. The van der Waals surface area contributed by atoms with Crippen LogP contribution in [-0.2, 0) is 4.74 Å². The summed E-state index contributed by atoms with van der Waals surface area (Å²) < 4.78 is 21.4. The number of anilines is 1. The van der Waals surface area contributed by atoms with Gasteiger partial charge in [0.25, 0.3) is 0 Å². The first-order valence-corrected chi connectivity index (χ1v) is 9.89. The molecule has 1 aromatic carbocycles. The number of ether oxygens (including phenoxy) is 1. The monoisotopic (exact) mass is 390 g/mol. The van der Waals surface area contributed by atoms with Gasteiger partial charge in [0.05, 0.1) is 30.5 Å². The number of nitrogens with zero attached hydrogens (tertiary/aromatic N) is 1. The number of esters is 1. The van der Waals surface area contributed by atoms with E-state index in [2.05, 4.69) is 5.32 Å². The third-order valence-corrected chi connectivity index (χ3v) is 5.32. The topological polar surface area (TPSA) is 80.6 Å². The molecule has 6 nitrogen and oxygen atoms in total. The smallest absolute Gasteiger partial charge is 0.343 e. The van der Waals surface area contributed by atoms with Crippen molar-refractivity contribution in [3.63, 3.8) is 0 Å². The van der Waals surface area contributed by atoms with Gasteiger partial charge < -0.3 is 19.7 Å². The van der Waals surface area contributed by atoms with Crippen LogP contribution < -0.4 is 10.7 Å². The molecule has 1 heterocycles. The van der Waals surface area contributed by atoms with Crippen LogP contribution in [0.1, 0.15) is 62.4 Å². The molecule has 1 aliphatic carbocycles. The van der Waals surface area contributed by atoms with Gasteiger partial charge in [-0.1, -0.05) is 19.3 Å². The minimum Gasteiger partial charge on any atom is -0.462 e. The number of benzene rings is 1. The lowest BCUT2D eigenvalue weighted by Gasteiger charge is -2.25. The Kier molecular flexibility index (Phi) is 6.34. The summed E-state index contributed by atoms with van der Waals surface area (Å²) in [5.41, 5.74) is 0.0703. The number of nitrogens with one attached hydrogen (secondary N) is 1. The summed E-state index contributed by atoms with van der Waals surface area (Å²) in [6.45, 7) is 3.35. The summed E-state index contributed by atoms with van der Waals surface area (Å²) in [6, 6.07) is 2.58. The molecule has 152 valence electrons. The Morgan fingerprint density at radius 2 is 2.07 bits per heavy atom. The van der Waals surface area contributed by atoms with E-state index in [0.717, 1.165) is 25.7 Å². The van der Waals surface area contributed by atoms with Crippen molar-refractivity contribution in [3.05, 3.63) is 39.9 Å². The number of aliphatic hydroxyl groups excluding tert-OH is 1. The van der Waals surface area contributed by atoms with Crippen LogP contribution in [0.5, 0.6) is 0 Å². The zero-order valence-corrected chi connectivity index (χ0v) is 16.3. The van der Waals surface area contributed by atoms with Crippen LogP contribution in [0.25, 0.3) is 10.9 Å². The van der Waals surface area contributed by atoms with Crippen molar-refractivity contribution < 1.29 is 19.0 Å². The van der Waals surface area contributed by atoms with Gasteiger partial charge in [0, 0.05) is 17.6 Å². The normalized spacial score (nSPS) is 16.1. The summed E-state index contributed by atoms with van der Waals surface area (Å²) >= 11 is 0. The van der Waals surface area contributed by atoms with Gasteiger partial charge in [-0.25, -0.2) is 9.18 Å². The van der Waals surface area contributed by atoms with Crippen LogP contribution >= 0.6 is 0 Å². The highest BCUT2D eigenvalue weighted by Gasteiger charge is 2.21. The molecule has 0 saturated heterocycles. The molecule has 1 saturated carbocycles. The Morgan fingerprint density at radius 1 is 1.36 bits per heavy atom. The summed E-state index contributed by atoms with van der Waals surface area (Å²) in [4.78, 5) is 25.0. The van der Waals surface area contributed by atoms with E-state index in [-0.39, 0.29) is 30.2 Å². The Morgan fingerprint density at radius 3 is 2.71 bits per heavy atom. The predicted octanol–water partition coefficient (Wildman–Crippen LogP) is 3.62. The van der Waals surface area contributed by atoms with Crippen LogP contribution in [-0.4, -0.2) is 34.9 Å². The van der Waals surface area contributed by atoms with Gasteiger partial charge in [0.15, 0.2) is 0 Å². The second-order valence-corrected chi connectivity index (χ2v) is 7.36. The molecule has 7 heteroatoms. The number of rotatable bonds is 6. The predicted molar refractivity (Wildman–Crippen MR) is 106 cm³/mol. The third kappa shape index (κ3) is 4.04. The number of aromatic nitrogens is 1. The van der Waals surface area contributed by atoms with Gasteiger partial charge >= 0.3 is 5.97 Å². The third-order valence-electron chi connectivity index (χ3n) is 5.32. The molecule has 2 N–H and O–H groups in total. The molecule has 0 amide bonds. The number of hydrogen-bond donors (Lipinski definition) is 2. The van der Waals surface area contributed by atoms with E-state index in [1.807, 2.05) is 0 Å². The number of fused-ring (bicyclic) bond motifs is 1. The largest absolute Gasteiger partial charge is 0.462 e. The van der Waals surface area contributed by atoms with Crippen LogP contribution in [0.15, 0.2) is 23.1 Å². The minimum absolute atomic E-state index is 0.0950. The van der Waals surface area contributed by atoms with E-state index >= 15 is 0 Å². The highest BCUT2D eigenvalue weighted by Crippen LogP contribution is 2.27. The lowest BCUT2D eigenvalue weighted by atomic mass is 9.95. The van der Waals surface area contributed by atoms with E-state index in [9.17, 15) is 19.1 Å². The van der Waals surface area contributed by atoms with Crippen molar-refractivity contribution >= 4 is 22.6 Å². The van der Waals surface area contributed by atoms with E-state index < -0.39 is 23.3 Å². The Hall–Kier alpha value is -2.41. The second-order valence-electron chi connectivity index (χ2n) is 7.36. The molecule has 3 rings (SSSR count). The number of pyridine rings is 1. The number of hydrogen-bond acceptors (Lipinski definition) is 5. The average Bonchev–Trinajstić information content (AvgIpc) is 2.70. The van der Waals surface area contributed by atoms with Crippen LogP contribution in [0, 0.1) is 5.82 Å². The SMILES string of the molecule is CCOC(=O)c1cn(C(C)CO)c2cc(NC3CCCCC3)c(F)cc2c1=O. The van der Waals surface area contributed by atoms with Gasteiger partial charge in [0.2, 0.25) is 5.43 Å². The lowest BCUT2D eigenvalue weighted by Crippen LogP contribution is -2.25. The minimum atomic E-state index is -0.752. The highest BCUT2D eigenvalue weighted by atomic mass is 19.1. The molecule has 1 aliphatic rings. The van der Waals surface area contributed by atoms with Gasteiger partial charge in [-0.15, -0.1) is 0 Å². The first-order valence-electron chi connectivity index (χ1n) is 9.89. The Bertz CT molecular complexity index is 919. The van der Waals surface area contributed by atoms with Crippen molar-refractivity contribution in [1.29, 1.82) is 0 Å². The first kappa shape index (κ1) is 20.3. The first-order chi connectivity index (χ1) is 13.5. The van der Waals surface area contributed by atoms with Crippen molar-refractivity contribution in [3.8, 4) is 0 Å².